The van der Waals surface area contributed by atoms with E-state index in [1.54, 1.807) is 14.2 Å². The molecule has 1 aliphatic rings. The lowest BCUT2D eigenvalue weighted by Crippen LogP contribution is -2.36. The smallest absolute Gasteiger partial charge is 0.127 e. The number of ether oxygens (including phenoxy) is 2. The van der Waals surface area contributed by atoms with Crippen LogP contribution in [0.3, 0.4) is 0 Å². The van der Waals surface area contributed by atoms with Crippen LogP contribution in [-0.2, 0) is 0 Å². The van der Waals surface area contributed by atoms with Gasteiger partial charge in [-0.15, -0.1) is 0 Å². The highest BCUT2D eigenvalue weighted by Crippen LogP contribution is 2.31. The highest BCUT2D eigenvalue weighted by molar-refractivity contribution is 5.42. The normalized spacial score (nSPS) is 19.0. The van der Waals surface area contributed by atoms with Gasteiger partial charge < -0.3 is 14.8 Å². The summed E-state index contributed by atoms with van der Waals surface area (Å²) in [4.78, 5) is 0. The Morgan fingerprint density at radius 1 is 1.05 bits per heavy atom. The van der Waals surface area contributed by atoms with Crippen LogP contribution in [0.5, 0.6) is 11.5 Å². The van der Waals surface area contributed by atoms with Gasteiger partial charge in [0.1, 0.15) is 11.5 Å². The summed E-state index contributed by atoms with van der Waals surface area (Å²) in [5, 5.41) is 3.76. The summed E-state index contributed by atoms with van der Waals surface area (Å²) in [6, 6.07) is 6.89. The van der Waals surface area contributed by atoms with E-state index in [-0.39, 0.29) is 6.04 Å². The Labute approximate surface area is 129 Å². The minimum Gasteiger partial charge on any atom is -0.497 e. The molecule has 118 valence electrons. The topological polar surface area (TPSA) is 30.5 Å². The van der Waals surface area contributed by atoms with Crippen molar-refractivity contribution in [3.8, 4) is 11.5 Å². The van der Waals surface area contributed by atoms with Crippen molar-refractivity contribution in [1.82, 2.24) is 5.32 Å². The average Bonchev–Trinajstić information content (AvgIpc) is 2.54. The fourth-order valence-electron chi connectivity index (χ4n) is 3.43. The number of rotatable bonds is 6. The van der Waals surface area contributed by atoms with Gasteiger partial charge in [0.2, 0.25) is 0 Å². The molecule has 2 atom stereocenters. The van der Waals surface area contributed by atoms with E-state index in [4.69, 9.17) is 9.47 Å². The lowest BCUT2D eigenvalue weighted by molar-refractivity contribution is 0.266. The Balaban J connectivity index is 2.03. The number of nitrogens with one attached hydrogen (secondary N) is 1. The minimum atomic E-state index is 0.280. The number of methoxy groups -OCH3 is 2. The van der Waals surface area contributed by atoms with Gasteiger partial charge in [0.25, 0.3) is 0 Å². The molecule has 21 heavy (non-hydrogen) atoms. The summed E-state index contributed by atoms with van der Waals surface area (Å²) >= 11 is 0. The van der Waals surface area contributed by atoms with E-state index < -0.39 is 0 Å². The van der Waals surface area contributed by atoms with E-state index >= 15 is 0 Å². The van der Waals surface area contributed by atoms with Crippen molar-refractivity contribution >= 4 is 0 Å². The molecule has 1 aliphatic carbocycles. The minimum absolute atomic E-state index is 0.280. The number of hydrogen-bond acceptors (Lipinski definition) is 3. The molecule has 1 aromatic carbocycles. The van der Waals surface area contributed by atoms with Gasteiger partial charge in [-0.3, -0.25) is 0 Å². The van der Waals surface area contributed by atoms with E-state index in [1.165, 1.54) is 37.7 Å². The lowest BCUT2D eigenvalue weighted by Gasteiger charge is -2.31. The molecule has 0 aliphatic heterocycles. The predicted octanol–water partition coefficient (Wildman–Crippen LogP) is 4.32. The molecule has 0 amide bonds. The maximum absolute atomic E-state index is 5.52. The lowest BCUT2D eigenvalue weighted by atomic mass is 9.84. The van der Waals surface area contributed by atoms with Crippen molar-refractivity contribution in [3.05, 3.63) is 23.8 Å². The summed E-state index contributed by atoms with van der Waals surface area (Å²) in [6.45, 7) is 4.53. The highest BCUT2D eigenvalue weighted by atomic mass is 16.5. The predicted molar refractivity (Wildman–Crippen MR) is 87.1 cm³/mol. The fourth-order valence-corrected chi connectivity index (χ4v) is 3.43. The van der Waals surface area contributed by atoms with Crippen LogP contribution < -0.4 is 14.8 Å². The molecule has 3 heteroatoms. The molecule has 1 saturated carbocycles. The maximum Gasteiger partial charge on any atom is 0.127 e. The first kappa shape index (κ1) is 16.2. The van der Waals surface area contributed by atoms with E-state index in [0.29, 0.717) is 6.04 Å². The molecule has 2 rings (SSSR count). The van der Waals surface area contributed by atoms with Crippen molar-refractivity contribution in [2.45, 2.75) is 58.0 Å². The Hall–Kier alpha value is -1.22. The van der Waals surface area contributed by atoms with Gasteiger partial charge in [-0.25, -0.2) is 0 Å². The summed E-state index contributed by atoms with van der Waals surface area (Å²) < 4.78 is 10.8. The van der Waals surface area contributed by atoms with E-state index in [0.717, 1.165) is 17.4 Å². The molecule has 0 spiro atoms. The van der Waals surface area contributed by atoms with E-state index in [2.05, 4.69) is 25.2 Å². The zero-order valence-corrected chi connectivity index (χ0v) is 13.8. The number of hydrogen-bond donors (Lipinski definition) is 1. The second kappa shape index (κ2) is 7.69. The molecule has 1 unspecified atom stereocenters. The van der Waals surface area contributed by atoms with E-state index in [1.807, 2.05) is 12.1 Å². The Kier molecular flexibility index (Phi) is 5.92. The van der Waals surface area contributed by atoms with Gasteiger partial charge in [0.15, 0.2) is 0 Å². The molecule has 0 saturated heterocycles. The third kappa shape index (κ3) is 4.13. The van der Waals surface area contributed by atoms with Crippen LogP contribution in [0.1, 0.15) is 57.6 Å². The molecule has 0 bridgehead atoms. The molecule has 0 radical (unpaired) electrons. The summed E-state index contributed by atoms with van der Waals surface area (Å²) in [5.41, 5.74) is 1.20. The molecule has 0 heterocycles. The van der Waals surface area contributed by atoms with Gasteiger partial charge in [-0.05, 0) is 38.7 Å². The molecular formula is C18H29NO2. The first-order chi connectivity index (χ1) is 10.2. The molecule has 1 fully saturated rings. The van der Waals surface area contributed by atoms with Crippen molar-refractivity contribution in [2.75, 3.05) is 14.2 Å². The Bertz CT molecular complexity index is 441. The zero-order chi connectivity index (χ0) is 15.2. The summed E-state index contributed by atoms with van der Waals surface area (Å²) in [6.07, 6.45) is 6.90. The molecule has 3 nitrogen and oxygen atoms in total. The van der Waals surface area contributed by atoms with Crippen LogP contribution >= 0.6 is 0 Å². The van der Waals surface area contributed by atoms with Crippen molar-refractivity contribution in [2.24, 2.45) is 5.92 Å². The van der Waals surface area contributed by atoms with Gasteiger partial charge in [0, 0.05) is 23.7 Å². The van der Waals surface area contributed by atoms with Crippen LogP contribution in [0, 0.1) is 5.92 Å². The molecule has 1 N–H and O–H groups in total. The van der Waals surface area contributed by atoms with Crippen LogP contribution in [0.15, 0.2) is 18.2 Å². The Morgan fingerprint density at radius 3 is 2.38 bits per heavy atom. The van der Waals surface area contributed by atoms with Gasteiger partial charge in [-0.2, -0.15) is 0 Å². The van der Waals surface area contributed by atoms with Crippen LogP contribution in [0.4, 0.5) is 0 Å². The number of benzene rings is 1. The van der Waals surface area contributed by atoms with Gasteiger partial charge >= 0.3 is 0 Å². The third-order valence-electron chi connectivity index (χ3n) is 4.78. The van der Waals surface area contributed by atoms with Crippen LogP contribution in [0.2, 0.25) is 0 Å². The monoisotopic (exact) mass is 291 g/mol. The van der Waals surface area contributed by atoms with Gasteiger partial charge in [-0.1, -0.05) is 25.3 Å². The summed E-state index contributed by atoms with van der Waals surface area (Å²) in [7, 11) is 3.40. The maximum atomic E-state index is 5.52. The zero-order valence-electron chi connectivity index (χ0n) is 13.8. The SMILES string of the molecule is COc1ccc(C(C)N[C@H](C)C2CCCCC2)c(OC)c1. The van der Waals surface area contributed by atoms with Crippen LogP contribution in [-0.4, -0.2) is 20.3 Å². The third-order valence-corrected chi connectivity index (χ3v) is 4.78. The molecule has 0 aromatic heterocycles. The first-order valence-corrected chi connectivity index (χ1v) is 8.13. The summed E-state index contributed by atoms with van der Waals surface area (Å²) in [5.74, 6) is 2.54. The van der Waals surface area contributed by atoms with Crippen molar-refractivity contribution in [1.29, 1.82) is 0 Å². The molecular weight excluding hydrogens is 262 g/mol. The second-order valence-corrected chi connectivity index (χ2v) is 6.18. The fraction of sp³-hybridized carbons (Fsp3) is 0.667. The highest BCUT2D eigenvalue weighted by Gasteiger charge is 2.22. The molecule has 1 aromatic rings. The first-order valence-electron chi connectivity index (χ1n) is 8.13. The van der Waals surface area contributed by atoms with Crippen molar-refractivity contribution < 1.29 is 9.47 Å². The largest absolute Gasteiger partial charge is 0.497 e. The van der Waals surface area contributed by atoms with Crippen molar-refractivity contribution in [3.63, 3.8) is 0 Å². The Morgan fingerprint density at radius 2 is 1.76 bits per heavy atom. The van der Waals surface area contributed by atoms with Gasteiger partial charge in [0.05, 0.1) is 14.2 Å². The average molecular weight is 291 g/mol. The quantitative estimate of drug-likeness (QED) is 0.846. The standard InChI is InChI=1S/C18H29NO2/c1-13(15-8-6-5-7-9-15)19-14(2)17-11-10-16(20-3)12-18(17)21-4/h10-15,19H,5-9H2,1-4H3/t13-,14?/m1/s1. The van der Waals surface area contributed by atoms with Crippen LogP contribution in [0.25, 0.3) is 0 Å². The second-order valence-electron chi connectivity index (χ2n) is 6.18. The van der Waals surface area contributed by atoms with E-state index in [9.17, 15) is 0 Å².